The van der Waals surface area contributed by atoms with Crippen molar-refractivity contribution in [3.05, 3.63) is 30.1 Å². The third-order valence-corrected chi connectivity index (χ3v) is 5.06. The lowest BCUT2D eigenvalue weighted by Gasteiger charge is -2.19. The Hall–Kier alpha value is -0.210. The molecular formula is C12H19IN2O2S. The van der Waals surface area contributed by atoms with E-state index in [1.165, 1.54) is 0 Å². The van der Waals surface area contributed by atoms with Crippen LogP contribution in [-0.2, 0) is 16.4 Å². The lowest BCUT2D eigenvalue weighted by molar-refractivity contribution is 0.486. The van der Waals surface area contributed by atoms with Crippen LogP contribution in [0.25, 0.3) is 0 Å². The number of alkyl halides is 1. The third kappa shape index (κ3) is 5.62. The largest absolute Gasteiger partial charge is 0.265 e. The summed E-state index contributed by atoms with van der Waals surface area (Å²) in [7, 11) is -3.21. The van der Waals surface area contributed by atoms with E-state index in [0.717, 1.165) is 9.99 Å². The molecule has 1 unspecified atom stereocenters. The Bertz CT molecular complexity index is 448. The van der Waals surface area contributed by atoms with Crippen LogP contribution >= 0.6 is 22.6 Å². The van der Waals surface area contributed by atoms with Crippen LogP contribution in [0.1, 0.15) is 19.4 Å². The van der Waals surface area contributed by atoms with Crippen molar-refractivity contribution in [1.82, 2.24) is 9.71 Å². The number of rotatable bonds is 7. The fourth-order valence-electron chi connectivity index (χ4n) is 1.44. The minimum Gasteiger partial charge on any atom is -0.265 e. The second-order valence-corrected chi connectivity index (χ2v) is 7.30. The van der Waals surface area contributed by atoms with Crippen LogP contribution in [0.15, 0.2) is 24.5 Å². The number of sulfonamides is 1. The highest BCUT2D eigenvalue weighted by atomic mass is 127. The van der Waals surface area contributed by atoms with Crippen molar-refractivity contribution in [3.8, 4) is 0 Å². The Morgan fingerprint density at radius 3 is 2.44 bits per heavy atom. The van der Waals surface area contributed by atoms with E-state index in [9.17, 15) is 8.42 Å². The summed E-state index contributed by atoms with van der Waals surface area (Å²) in [6.45, 7) is 4.05. The Labute approximate surface area is 123 Å². The molecule has 0 saturated carbocycles. The number of nitrogens with zero attached hydrogens (tertiary/aromatic N) is 1. The summed E-state index contributed by atoms with van der Waals surface area (Å²) in [6, 6.07) is 3.69. The molecule has 1 heterocycles. The van der Waals surface area contributed by atoms with E-state index in [0.29, 0.717) is 12.3 Å². The van der Waals surface area contributed by atoms with Crippen LogP contribution in [0.5, 0.6) is 0 Å². The molecule has 102 valence electrons. The van der Waals surface area contributed by atoms with Gasteiger partial charge in [0.15, 0.2) is 0 Å². The van der Waals surface area contributed by atoms with Crippen molar-refractivity contribution in [2.45, 2.75) is 26.3 Å². The summed E-state index contributed by atoms with van der Waals surface area (Å²) in [4.78, 5) is 3.91. The monoisotopic (exact) mass is 382 g/mol. The van der Waals surface area contributed by atoms with E-state index in [1.54, 1.807) is 12.4 Å². The number of hydrogen-bond acceptors (Lipinski definition) is 3. The average molecular weight is 382 g/mol. The normalized spacial score (nSPS) is 13.8. The lowest BCUT2D eigenvalue weighted by atomic mass is 10.1. The minimum atomic E-state index is -3.21. The second kappa shape index (κ2) is 7.40. The molecule has 18 heavy (non-hydrogen) atoms. The summed E-state index contributed by atoms with van der Waals surface area (Å²) in [5, 5.41) is 0. The van der Waals surface area contributed by atoms with Gasteiger partial charge in [0.05, 0.1) is 5.75 Å². The highest BCUT2D eigenvalue weighted by molar-refractivity contribution is 14.1. The zero-order chi connectivity index (χ0) is 13.6. The molecular weight excluding hydrogens is 363 g/mol. The fraction of sp³-hybridized carbons (Fsp3) is 0.583. The van der Waals surface area contributed by atoms with Crippen molar-refractivity contribution in [2.24, 2.45) is 5.92 Å². The molecule has 1 rings (SSSR count). The number of halogens is 1. The van der Waals surface area contributed by atoms with Gasteiger partial charge in [0.25, 0.3) is 0 Å². The molecule has 6 heteroatoms. The van der Waals surface area contributed by atoms with E-state index in [4.69, 9.17) is 0 Å². The Morgan fingerprint density at radius 2 is 1.94 bits per heavy atom. The molecule has 0 aromatic carbocycles. The quantitative estimate of drug-likeness (QED) is 0.580. The molecule has 0 fully saturated rings. The molecule has 1 N–H and O–H groups in total. The first kappa shape index (κ1) is 15.8. The zero-order valence-corrected chi connectivity index (χ0v) is 13.6. The minimum absolute atomic E-state index is 0.00744. The number of aryl methyl sites for hydroxylation is 1. The molecule has 0 aliphatic heterocycles. The van der Waals surface area contributed by atoms with Gasteiger partial charge in [-0.2, -0.15) is 0 Å². The molecule has 0 aliphatic rings. The van der Waals surface area contributed by atoms with Crippen molar-refractivity contribution >= 4 is 32.6 Å². The predicted molar refractivity (Wildman–Crippen MR) is 82.4 cm³/mol. The topological polar surface area (TPSA) is 59.1 Å². The highest BCUT2D eigenvalue weighted by Crippen LogP contribution is 2.08. The third-order valence-electron chi connectivity index (χ3n) is 2.71. The molecule has 0 saturated heterocycles. The van der Waals surface area contributed by atoms with Gasteiger partial charge >= 0.3 is 0 Å². The first-order chi connectivity index (χ1) is 8.44. The SMILES string of the molecule is CC(C)C(CI)NS(=O)(=O)CCc1ccncc1. The van der Waals surface area contributed by atoms with Gasteiger partial charge in [-0.15, -0.1) is 0 Å². The molecule has 1 aromatic rings. The summed E-state index contributed by atoms with van der Waals surface area (Å²) >= 11 is 2.21. The highest BCUT2D eigenvalue weighted by Gasteiger charge is 2.19. The van der Waals surface area contributed by atoms with Crippen molar-refractivity contribution < 1.29 is 8.42 Å². The maximum atomic E-state index is 11.9. The Kier molecular flexibility index (Phi) is 6.51. The summed E-state index contributed by atoms with van der Waals surface area (Å²) in [5.41, 5.74) is 0.992. The van der Waals surface area contributed by atoms with E-state index >= 15 is 0 Å². The molecule has 0 bridgehead atoms. The number of nitrogens with one attached hydrogen (secondary N) is 1. The van der Waals surface area contributed by atoms with E-state index in [2.05, 4.69) is 32.3 Å². The summed E-state index contributed by atoms with van der Waals surface area (Å²) in [6.07, 6.45) is 3.87. The first-order valence-electron chi connectivity index (χ1n) is 5.89. The molecule has 0 radical (unpaired) electrons. The van der Waals surface area contributed by atoms with Gasteiger partial charge in [0, 0.05) is 22.9 Å². The maximum absolute atomic E-state index is 11.9. The van der Waals surface area contributed by atoms with Crippen LogP contribution in [0.3, 0.4) is 0 Å². The Morgan fingerprint density at radius 1 is 1.33 bits per heavy atom. The van der Waals surface area contributed by atoms with Gasteiger partial charge in [-0.25, -0.2) is 13.1 Å². The molecule has 4 nitrogen and oxygen atoms in total. The van der Waals surface area contributed by atoms with Gasteiger partial charge < -0.3 is 0 Å². The zero-order valence-electron chi connectivity index (χ0n) is 10.6. The molecule has 0 amide bonds. The van der Waals surface area contributed by atoms with Crippen LogP contribution in [0.4, 0.5) is 0 Å². The Balaban J connectivity index is 2.55. The predicted octanol–water partition coefficient (Wildman–Crippen LogP) is 2.00. The van der Waals surface area contributed by atoms with Gasteiger partial charge in [0.2, 0.25) is 10.0 Å². The van der Waals surface area contributed by atoms with Crippen molar-refractivity contribution in [1.29, 1.82) is 0 Å². The second-order valence-electron chi connectivity index (χ2n) is 4.55. The molecule has 1 atom stereocenters. The van der Waals surface area contributed by atoms with Gasteiger partial charge in [0.1, 0.15) is 0 Å². The van der Waals surface area contributed by atoms with Crippen molar-refractivity contribution in [3.63, 3.8) is 0 Å². The van der Waals surface area contributed by atoms with Crippen LogP contribution in [-0.4, -0.2) is 29.6 Å². The van der Waals surface area contributed by atoms with Crippen molar-refractivity contribution in [2.75, 3.05) is 10.2 Å². The molecule has 0 spiro atoms. The van der Waals surface area contributed by atoms with Gasteiger partial charge in [-0.3, -0.25) is 4.98 Å². The number of pyridine rings is 1. The van der Waals surface area contributed by atoms with E-state index in [-0.39, 0.29) is 11.8 Å². The summed E-state index contributed by atoms with van der Waals surface area (Å²) < 4.78 is 27.4. The van der Waals surface area contributed by atoms with E-state index in [1.807, 2.05) is 26.0 Å². The van der Waals surface area contributed by atoms with Crippen LogP contribution in [0.2, 0.25) is 0 Å². The average Bonchev–Trinajstić information content (AvgIpc) is 2.35. The maximum Gasteiger partial charge on any atom is 0.212 e. The number of hydrogen-bond donors (Lipinski definition) is 1. The number of aromatic nitrogens is 1. The van der Waals surface area contributed by atoms with Gasteiger partial charge in [-0.05, 0) is 30.0 Å². The van der Waals surface area contributed by atoms with Gasteiger partial charge in [-0.1, -0.05) is 36.4 Å². The fourth-order valence-corrected chi connectivity index (χ4v) is 4.41. The smallest absolute Gasteiger partial charge is 0.212 e. The van der Waals surface area contributed by atoms with E-state index < -0.39 is 10.0 Å². The van der Waals surface area contributed by atoms with Crippen LogP contribution < -0.4 is 4.72 Å². The lowest BCUT2D eigenvalue weighted by Crippen LogP contribution is -2.41. The molecule has 0 aliphatic carbocycles. The van der Waals surface area contributed by atoms with Crippen LogP contribution in [0, 0.1) is 5.92 Å². The molecule has 1 aromatic heterocycles. The summed E-state index contributed by atoms with van der Waals surface area (Å²) in [5.74, 6) is 0.425. The first-order valence-corrected chi connectivity index (χ1v) is 9.07. The standard InChI is InChI=1S/C12H19IN2O2S/c1-10(2)12(9-13)15-18(16,17)8-5-11-3-6-14-7-4-11/h3-4,6-7,10,12,15H,5,8-9H2,1-2H3.